The largest absolute Gasteiger partial charge is 0.387 e. The van der Waals surface area contributed by atoms with Crippen molar-refractivity contribution in [2.75, 3.05) is 19.6 Å². The van der Waals surface area contributed by atoms with E-state index in [1.165, 1.54) is 0 Å². The highest BCUT2D eigenvalue weighted by Gasteiger charge is 2.15. The van der Waals surface area contributed by atoms with E-state index in [2.05, 4.69) is 46.8 Å². The summed E-state index contributed by atoms with van der Waals surface area (Å²) in [6.07, 6.45) is 1.79. The molecule has 0 saturated heterocycles. The topological polar surface area (TPSA) is 23.5 Å². The van der Waals surface area contributed by atoms with Crippen LogP contribution in [0.25, 0.3) is 10.8 Å². The Morgan fingerprint density at radius 2 is 1.62 bits per heavy atom. The fourth-order valence-electron chi connectivity index (χ4n) is 2.85. The maximum atomic E-state index is 10.7. The molecule has 1 N–H and O–H groups in total. The summed E-state index contributed by atoms with van der Waals surface area (Å²) in [5, 5.41) is 13.0. The average molecular weight is 350 g/mol. The van der Waals surface area contributed by atoms with Crippen molar-refractivity contribution in [3.63, 3.8) is 0 Å². The monoisotopic (exact) mass is 349 g/mol. The van der Waals surface area contributed by atoms with Crippen LogP contribution in [0.5, 0.6) is 0 Å². The summed E-state index contributed by atoms with van der Waals surface area (Å²) in [4.78, 5) is 2.35. The van der Waals surface area contributed by atoms with Gasteiger partial charge in [-0.3, -0.25) is 0 Å². The first kappa shape index (κ1) is 16.5. The molecule has 0 fully saturated rings. The normalized spacial score (nSPS) is 13.0. The van der Waals surface area contributed by atoms with Gasteiger partial charge in [0, 0.05) is 11.0 Å². The second kappa shape index (κ2) is 7.92. The lowest BCUT2D eigenvalue weighted by molar-refractivity contribution is 0.114. The van der Waals surface area contributed by atoms with E-state index in [1.54, 1.807) is 0 Å². The van der Waals surface area contributed by atoms with Crippen LogP contribution < -0.4 is 0 Å². The zero-order valence-electron chi connectivity index (χ0n) is 12.8. The van der Waals surface area contributed by atoms with Gasteiger partial charge < -0.3 is 10.0 Å². The van der Waals surface area contributed by atoms with Crippen molar-refractivity contribution in [3.8, 4) is 0 Å². The smallest absolute Gasteiger partial charge is 0.0922 e. The molecule has 21 heavy (non-hydrogen) atoms. The predicted molar refractivity (Wildman–Crippen MR) is 93.6 cm³/mol. The maximum absolute atomic E-state index is 10.7. The lowest BCUT2D eigenvalue weighted by Crippen LogP contribution is -2.30. The van der Waals surface area contributed by atoms with Crippen molar-refractivity contribution in [1.82, 2.24) is 4.90 Å². The van der Waals surface area contributed by atoms with Crippen LogP contribution in [0.3, 0.4) is 0 Å². The van der Waals surface area contributed by atoms with Crippen molar-refractivity contribution >= 4 is 26.7 Å². The average Bonchev–Trinajstić information content (AvgIpc) is 2.48. The van der Waals surface area contributed by atoms with Crippen molar-refractivity contribution in [2.45, 2.75) is 32.8 Å². The Bertz CT molecular complexity index is 578. The Balaban J connectivity index is 2.26. The van der Waals surface area contributed by atoms with E-state index < -0.39 is 6.10 Å². The van der Waals surface area contributed by atoms with Crippen LogP contribution >= 0.6 is 15.9 Å². The Hall–Kier alpha value is -0.900. The lowest BCUT2D eigenvalue weighted by Gasteiger charge is -2.25. The van der Waals surface area contributed by atoms with E-state index in [1.807, 2.05) is 24.3 Å². The van der Waals surface area contributed by atoms with E-state index in [-0.39, 0.29) is 0 Å². The van der Waals surface area contributed by atoms with Crippen molar-refractivity contribution in [1.29, 1.82) is 0 Å². The standard InChI is InChI=1S/C18H24BrNO/c1-3-11-20(12-4-2)13-18(21)16-9-10-17(19)15-8-6-5-7-14(15)16/h5-10,18,21H,3-4,11-13H2,1-2H3. The minimum atomic E-state index is -0.443. The van der Waals surface area contributed by atoms with Crippen LogP contribution in [0.4, 0.5) is 0 Å². The maximum Gasteiger partial charge on any atom is 0.0922 e. The summed E-state index contributed by atoms with van der Waals surface area (Å²) in [6, 6.07) is 12.3. The van der Waals surface area contributed by atoms with Gasteiger partial charge in [0.05, 0.1) is 6.10 Å². The Morgan fingerprint density at radius 3 is 2.24 bits per heavy atom. The second-order valence-electron chi connectivity index (χ2n) is 5.50. The predicted octanol–water partition coefficient (Wildman–Crippen LogP) is 4.76. The quantitative estimate of drug-likeness (QED) is 0.778. The van der Waals surface area contributed by atoms with E-state index in [4.69, 9.17) is 0 Å². The number of nitrogens with zero attached hydrogens (tertiary/aromatic N) is 1. The Labute approximate surface area is 135 Å². The van der Waals surface area contributed by atoms with E-state index in [0.29, 0.717) is 6.54 Å². The molecule has 114 valence electrons. The molecule has 0 saturated carbocycles. The number of benzene rings is 2. The zero-order chi connectivity index (χ0) is 15.2. The molecular weight excluding hydrogens is 326 g/mol. The summed E-state index contributed by atoms with van der Waals surface area (Å²) in [5.74, 6) is 0. The summed E-state index contributed by atoms with van der Waals surface area (Å²) in [7, 11) is 0. The summed E-state index contributed by atoms with van der Waals surface area (Å²) in [5.41, 5.74) is 1.02. The highest BCUT2D eigenvalue weighted by molar-refractivity contribution is 9.10. The highest BCUT2D eigenvalue weighted by atomic mass is 79.9. The molecule has 0 amide bonds. The Kier molecular flexibility index (Phi) is 6.22. The second-order valence-corrected chi connectivity index (χ2v) is 6.35. The minimum Gasteiger partial charge on any atom is -0.387 e. The minimum absolute atomic E-state index is 0.443. The molecule has 2 aromatic rings. The van der Waals surface area contributed by atoms with Gasteiger partial charge in [0.25, 0.3) is 0 Å². The van der Waals surface area contributed by atoms with Crippen molar-refractivity contribution < 1.29 is 5.11 Å². The number of fused-ring (bicyclic) bond motifs is 1. The van der Waals surface area contributed by atoms with Crippen LogP contribution in [-0.4, -0.2) is 29.6 Å². The van der Waals surface area contributed by atoms with E-state index in [9.17, 15) is 5.11 Å². The number of hydrogen-bond acceptors (Lipinski definition) is 2. The summed E-state index contributed by atoms with van der Waals surface area (Å²) >= 11 is 3.59. The highest BCUT2D eigenvalue weighted by Crippen LogP contribution is 2.30. The lowest BCUT2D eigenvalue weighted by atomic mass is 10.00. The van der Waals surface area contributed by atoms with Crippen LogP contribution in [-0.2, 0) is 0 Å². The molecule has 0 aliphatic heterocycles. The molecule has 0 aliphatic carbocycles. The van der Waals surface area contributed by atoms with Gasteiger partial charge in [0.1, 0.15) is 0 Å². The number of hydrogen-bond donors (Lipinski definition) is 1. The summed E-state index contributed by atoms with van der Waals surface area (Å²) < 4.78 is 1.08. The van der Waals surface area contributed by atoms with Crippen LogP contribution in [0.1, 0.15) is 38.4 Å². The third kappa shape index (κ3) is 4.06. The number of rotatable bonds is 7. The third-order valence-electron chi connectivity index (χ3n) is 3.77. The van der Waals surface area contributed by atoms with Crippen LogP contribution in [0, 0.1) is 0 Å². The van der Waals surface area contributed by atoms with E-state index in [0.717, 1.165) is 46.7 Å². The number of aliphatic hydroxyl groups is 1. The van der Waals surface area contributed by atoms with Crippen molar-refractivity contribution in [3.05, 3.63) is 46.4 Å². The molecule has 1 unspecified atom stereocenters. The molecule has 3 heteroatoms. The molecule has 0 aliphatic rings. The third-order valence-corrected chi connectivity index (χ3v) is 4.47. The molecular formula is C18H24BrNO. The molecule has 0 radical (unpaired) electrons. The Morgan fingerprint density at radius 1 is 1.00 bits per heavy atom. The molecule has 0 spiro atoms. The van der Waals surface area contributed by atoms with Gasteiger partial charge in [0.2, 0.25) is 0 Å². The molecule has 0 heterocycles. The van der Waals surface area contributed by atoms with Crippen molar-refractivity contribution in [2.24, 2.45) is 0 Å². The van der Waals surface area contributed by atoms with Gasteiger partial charge >= 0.3 is 0 Å². The fraction of sp³-hybridized carbons (Fsp3) is 0.444. The molecule has 2 rings (SSSR count). The molecule has 2 nitrogen and oxygen atoms in total. The van der Waals surface area contributed by atoms with Gasteiger partial charge in [-0.15, -0.1) is 0 Å². The van der Waals surface area contributed by atoms with Gasteiger partial charge in [-0.2, -0.15) is 0 Å². The number of aliphatic hydroxyl groups excluding tert-OH is 1. The SMILES string of the molecule is CCCN(CCC)CC(O)c1ccc(Br)c2ccccc12. The molecule has 1 atom stereocenters. The van der Waals surface area contributed by atoms with Crippen LogP contribution in [0.15, 0.2) is 40.9 Å². The summed E-state index contributed by atoms with van der Waals surface area (Å²) in [6.45, 7) is 7.15. The van der Waals surface area contributed by atoms with Gasteiger partial charge in [-0.25, -0.2) is 0 Å². The first-order valence-electron chi connectivity index (χ1n) is 7.75. The molecule has 2 aromatic carbocycles. The first-order chi connectivity index (χ1) is 10.2. The number of halogens is 1. The van der Waals surface area contributed by atoms with E-state index >= 15 is 0 Å². The van der Waals surface area contributed by atoms with Crippen LogP contribution in [0.2, 0.25) is 0 Å². The molecule has 0 bridgehead atoms. The fourth-order valence-corrected chi connectivity index (χ4v) is 3.32. The molecule has 0 aromatic heterocycles. The first-order valence-corrected chi connectivity index (χ1v) is 8.54. The zero-order valence-corrected chi connectivity index (χ0v) is 14.4. The van der Waals surface area contributed by atoms with Gasteiger partial charge in [0.15, 0.2) is 0 Å². The van der Waals surface area contributed by atoms with Gasteiger partial charge in [-0.05, 0) is 48.3 Å². The van der Waals surface area contributed by atoms with Gasteiger partial charge in [-0.1, -0.05) is 60.1 Å².